The van der Waals surface area contributed by atoms with Crippen LogP contribution in [-0.2, 0) is 0 Å². The SMILES string of the molecule is COc1cnc2ccc(C(C)C(C)C)nn12. The average molecular weight is 219 g/mol. The molecule has 0 fully saturated rings. The Hall–Kier alpha value is -1.58. The molecule has 0 amide bonds. The standard InChI is InChI=1S/C12H17N3O/c1-8(2)9(3)10-5-6-11-13-7-12(16-4)15(11)14-10/h5-9H,1-4H3. The minimum absolute atomic E-state index is 0.427. The van der Waals surface area contributed by atoms with Crippen LogP contribution in [-0.4, -0.2) is 21.7 Å². The van der Waals surface area contributed by atoms with Crippen molar-refractivity contribution in [2.24, 2.45) is 5.92 Å². The van der Waals surface area contributed by atoms with Crippen molar-refractivity contribution in [2.45, 2.75) is 26.7 Å². The van der Waals surface area contributed by atoms with E-state index in [0.29, 0.717) is 17.7 Å². The monoisotopic (exact) mass is 219 g/mol. The number of ether oxygens (including phenoxy) is 1. The Bertz CT molecular complexity index is 490. The summed E-state index contributed by atoms with van der Waals surface area (Å²) in [5.74, 6) is 1.67. The summed E-state index contributed by atoms with van der Waals surface area (Å²) in [6.07, 6.45) is 1.69. The Labute approximate surface area is 95.3 Å². The molecule has 0 aliphatic heterocycles. The summed E-state index contributed by atoms with van der Waals surface area (Å²) in [6, 6.07) is 4.01. The summed E-state index contributed by atoms with van der Waals surface area (Å²) >= 11 is 0. The first-order valence-corrected chi connectivity index (χ1v) is 5.52. The first kappa shape index (κ1) is 10.9. The number of hydrogen-bond donors (Lipinski definition) is 0. The highest BCUT2D eigenvalue weighted by Gasteiger charge is 2.13. The van der Waals surface area contributed by atoms with Crippen molar-refractivity contribution < 1.29 is 4.74 Å². The molecular formula is C12H17N3O. The van der Waals surface area contributed by atoms with Crippen LogP contribution < -0.4 is 4.74 Å². The van der Waals surface area contributed by atoms with Gasteiger partial charge in [-0.1, -0.05) is 20.8 Å². The maximum absolute atomic E-state index is 5.20. The lowest BCUT2D eigenvalue weighted by Gasteiger charge is -2.14. The number of methoxy groups -OCH3 is 1. The van der Waals surface area contributed by atoms with Gasteiger partial charge in [0.1, 0.15) is 0 Å². The Kier molecular flexibility index (Phi) is 2.81. The van der Waals surface area contributed by atoms with E-state index in [1.165, 1.54) is 0 Å². The fourth-order valence-electron chi connectivity index (χ4n) is 1.59. The lowest BCUT2D eigenvalue weighted by molar-refractivity contribution is 0.385. The third kappa shape index (κ3) is 1.75. The molecule has 2 rings (SSSR count). The first-order valence-electron chi connectivity index (χ1n) is 5.52. The van der Waals surface area contributed by atoms with E-state index in [4.69, 9.17) is 4.74 Å². The summed E-state index contributed by atoms with van der Waals surface area (Å²) < 4.78 is 6.94. The molecule has 4 heteroatoms. The minimum atomic E-state index is 0.427. The van der Waals surface area contributed by atoms with Crippen LogP contribution in [0.4, 0.5) is 0 Å². The second kappa shape index (κ2) is 4.12. The van der Waals surface area contributed by atoms with Crippen LogP contribution in [0.15, 0.2) is 18.3 Å². The van der Waals surface area contributed by atoms with Crippen LogP contribution in [0.1, 0.15) is 32.4 Å². The van der Waals surface area contributed by atoms with Gasteiger partial charge in [0.05, 0.1) is 19.0 Å². The molecule has 0 aliphatic carbocycles. The molecular weight excluding hydrogens is 202 g/mol. The van der Waals surface area contributed by atoms with Crippen LogP contribution in [0.5, 0.6) is 5.88 Å². The molecule has 1 unspecified atom stereocenters. The molecule has 2 aromatic rings. The van der Waals surface area contributed by atoms with Crippen molar-refractivity contribution in [3.63, 3.8) is 0 Å². The molecule has 0 aliphatic rings. The average Bonchev–Trinajstić information content (AvgIpc) is 2.69. The van der Waals surface area contributed by atoms with Crippen molar-refractivity contribution in [3.8, 4) is 5.88 Å². The van der Waals surface area contributed by atoms with Gasteiger partial charge in [-0.2, -0.15) is 9.61 Å². The summed E-state index contributed by atoms with van der Waals surface area (Å²) in [5.41, 5.74) is 1.88. The highest BCUT2D eigenvalue weighted by atomic mass is 16.5. The van der Waals surface area contributed by atoms with E-state index < -0.39 is 0 Å². The highest BCUT2D eigenvalue weighted by Crippen LogP contribution is 2.22. The number of hydrogen-bond acceptors (Lipinski definition) is 3. The zero-order valence-corrected chi connectivity index (χ0v) is 10.1. The summed E-state index contributed by atoms with van der Waals surface area (Å²) in [5, 5.41) is 4.56. The van der Waals surface area contributed by atoms with Crippen LogP contribution >= 0.6 is 0 Å². The van der Waals surface area contributed by atoms with Gasteiger partial charge >= 0.3 is 0 Å². The number of aromatic nitrogens is 3. The first-order chi connectivity index (χ1) is 7.63. The van der Waals surface area contributed by atoms with E-state index >= 15 is 0 Å². The second-order valence-corrected chi connectivity index (χ2v) is 4.36. The molecule has 2 heterocycles. The van der Waals surface area contributed by atoms with Gasteiger partial charge in [-0.15, -0.1) is 0 Å². The van der Waals surface area contributed by atoms with Crippen molar-refractivity contribution >= 4 is 5.65 Å². The van der Waals surface area contributed by atoms with Gasteiger partial charge in [0.25, 0.3) is 0 Å². The molecule has 4 nitrogen and oxygen atoms in total. The predicted molar refractivity (Wildman–Crippen MR) is 62.8 cm³/mol. The summed E-state index contributed by atoms with van der Waals surface area (Å²) in [6.45, 7) is 6.58. The molecule has 0 saturated heterocycles. The van der Waals surface area contributed by atoms with E-state index in [1.807, 2.05) is 12.1 Å². The number of nitrogens with zero attached hydrogens (tertiary/aromatic N) is 3. The van der Waals surface area contributed by atoms with Gasteiger partial charge in [-0.25, -0.2) is 4.98 Å². The zero-order chi connectivity index (χ0) is 11.7. The topological polar surface area (TPSA) is 39.4 Å². The fraction of sp³-hybridized carbons (Fsp3) is 0.500. The third-order valence-corrected chi connectivity index (χ3v) is 3.03. The third-order valence-electron chi connectivity index (χ3n) is 3.03. The van der Waals surface area contributed by atoms with Crippen molar-refractivity contribution in [1.82, 2.24) is 14.6 Å². The molecule has 86 valence electrons. The van der Waals surface area contributed by atoms with Crippen molar-refractivity contribution in [3.05, 3.63) is 24.0 Å². The van der Waals surface area contributed by atoms with E-state index in [1.54, 1.807) is 17.8 Å². The molecule has 0 aromatic carbocycles. The van der Waals surface area contributed by atoms with Crippen molar-refractivity contribution in [1.29, 1.82) is 0 Å². The van der Waals surface area contributed by atoms with Crippen LogP contribution in [0.25, 0.3) is 5.65 Å². The predicted octanol–water partition coefficient (Wildman–Crippen LogP) is 2.50. The molecule has 16 heavy (non-hydrogen) atoms. The molecule has 0 saturated carbocycles. The highest BCUT2D eigenvalue weighted by molar-refractivity contribution is 5.41. The molecule has 1 atom stereocenters. The number of fused-ring (bicyclic) bond motifs is 1. The van der Waals surface area contributed by atoms with Gasteiger partial charge in [0, 0.05) is 5.92 Å². The number of rotatable bonds is 3. The molecule has 0 radical (unpaired) electrons. The Balaban J connectivity index is 2.49. The Morgan fingerprint density at radius 2 is 2.00 bits per heavy atom. The summed E-state index contributed by atoms with van der Waals surface area (Å²) in [7, 11) is 1.63. The van der Waals surface area contributed by atoms with Gasteiger partial charge in [-0.05, 0) is 18.1 Å². The van der Waals surface area contributed by atoms with E-state index in [-0.39, 0.29) is 0 Å². The normalized spacial score (nSPS) is 13.3. The Morgan fingerprint density at radius 1 is 1.25 bits per heavy atom. The second-order valence-electron chi connectivity index (χ2n) is 4.36. The van der Waals surface area contributed by atoms with Crippen molar-refractivity contribution in [2.75, 3.05) is 7.11 Å². The van der Waals surface area contributed by atoms with E-state index in [0.717, 1.165) is 11.3 Å². The van der Waals surface area contributed by atoms with Crippen LogP contribution in [0.3, 0.4) is 0 Å². The van der Waals surface area contributed by atoms with E-state index in [2.05, 4.69) is 30.9 Å². The fourth-order valence-corrected chi connectivity index (χ4v) is 1.59. The lowest BCUT2D eigenvalue weighted by atomic mass is 9.95. The molecule has 0 bridgehead atoms. The lowest BCUT2D eigenvalue weighted by Crippen LogP contribution is -2.07. The van der Waals surface area contributed by atoms with Gasteiger partial charge in [0.15, 0.2) is 5.65 Å². The van der Waals surface area contributed by atoms with Gasteiger partial charge in [-0.3, -0.25) is 0 Å². The zero-order valence-electron chi connectivity index (χ0n) is 10.1. The largest absolute Gasteiger partial charge is 0.480 e. The molecule has 0 spiro atoms. The minimum Gasteiger partial charge on any atom is -0.480 e. The molecule has 0 N–H and O–H groups in total. The van der Waals surface area contributed by atoms with Crippen LogP contribution in [0, 0.1) is 5.92 Å². The Morgan fingerprint density at radius 3 is 2.62 bits per heavy atom. The van der Waals surface area contributed by atoms with Crippen LogP contribution in [0.2, 0.25) is 0 Å². The quantitative estimate of drug-likeness (QED) is 0.796. The molecule has 2 aromatic heterocycles. The van der Waals surface area contributed by atoms with Gasteiger partial charge < -0.3 is 4.74 Å². The number of imidazole rings is 1. The smallest absolute Gasteiger partial charge is 0.235 e. The summed E-state index contributed by atoms with van der Waals surface area (Å²) in [4.78, 5) is 4.21. The van der Waals surface area contributed by atoms with E-state index in [9.17, 15) is 0 Å². The maximum atomic E-state index is 5.20. The maximum Gasteiger partial charge on any atom is 0.235 e. The van der Waals surface area contributed by atoms with Gasteiger partial charge in [0.2, 0.25) is 5.88 Å².